The molecule has 0 bridgehead atoms. The molecule has 2 saturated heterocycles. The van der Waals surface area contributed by atoms with Gasteiger partial charge in [0.2, 0.25) is 0 Å². The molecule has 0 aromatic heterocycles. The van der Waals surface area contributed by atoms with Crippen LogP contribution in [-0.4, -0.2) is 63.9 Å². The van der Waals surface area contributed by atoms with Gasteiger partial charge in [0.1, 0.15) is 0 Å². The molecular formula is C16H28O10P2. The molecule has 162 valence electrons. The fourth-order valence-electron chi connectivity index (χ4n) is 2.64. The maximum absolute atomic E-state index is 13.4. The zero-order chi connectivity index (χ0) is 21.4. The highest BCUT2D eigenvalue weighted by molar-refractivity contribution is 7.60. The molecule has 2 rings (SSSR count). The quantitative estimate of drug-likeness (QED) is 0.463. The van der Waals surface area contributed by atoms with Crippen LogP contribution in [0.25, 0.3) is 0 Å². The fourth-order valence-corrected chi connectivity index (χ4v) is 8.19. The molecule has 0 spiro atoms. The van der Waals surface area contributed by atoms with E-state index in [-0.39, 0.29) is 26.4 Å². The third kappa shape index (κ3) is 4.86. The Hall–Kier alpha value is -0.760. The minimum Gasteiger partial charge on any atom is -0.468 e. The highest BCUT2D eigenvalue weighted by Crippen LogP contribution is 2.67. The second kappa shape index (κ2) is 8.17. The number of hydrogen-bond acceptors (Lipinski definition) is 10. The fraction of sp³-hybridized carbons (Fsp3) is 0.875. The SMILES string of the molecule is COC(=O)C(C(C(=O)OC)P1(=O)OCC(C)(C)CO1)P1(=O)OCC(C)(C)CO1. The van der Waals surface area contributed by atoms with Crippen LogP contribution in [-0.2, 0) is 46.3 Å². The van der Waals surface area contributed by atoms with Gasteiger partial charge in [-0.2, -0.15) is 0 Å². The van der Waals surface area contributed by atoms with Crippen LogP contribution in [0.4, 0.5) is 0 Å². The molecule has 2 heterocycles. The number of methoxy groups -OCH3 is 2. The standard InChI is InChI=1S/C16H28O10P2/c1-15(2)7-23-27(19,24-8-15)11(13(17)21-5)12(14(18)22-6)28(20)25-9-16(3,4)10-26-28/h11-12H,7-10H2,1-6H3. The lowest BCUT2D eigenvalue weighted by Crippen LogP contribution is -2.46. The summed E-state index contributed by atoms with van der Waals surface area (Å²) in [4.78, 5) is 25.1. The van der Waals surface area contributed by atoms with E-state index >= 15 is 0 Å². The van der Waals surface area contributed by atoms with Gasteiger partial charge >= 0.3 is 27.1 Å². The van der Waals surface area contributed by atoms with Crippen LogP contribution in [0.15, 0.2) is 0 Å². The van der Waals surface area contributed by atoms with E-state index in [4.69, 9.17) is 27.6 Å². The van der Waals surface area contributed by atoms with Crippen molar-refractivity contribution >= 4 is 27.1 Å². The third-order valence-electron chi connectivity index (χ3n) is 4.41. The molecule has 0 aliphatic carbocycles. The van der Waals surface area contributed by atoms with Gasteiger partial charge in [-0.25, -0.2) is 0 Å². The first-order valence-electron chi connectivity index (χ1n) is 8.72. The van der Waals surface area contributed by atoms with Crippen LogP contribution in [0.3, 0.4) is 0 Å². The van der Waals surface area contributed by atoms with Crippen molar-refractivity contribution in [1.29, 1.82) is 0 Å². The lowest BCUT2D eigenvalue weighted by Gasteiger charge is -2.41. The molecule has 2 atom stereocenters. The van der Waals surface area contributed by atoms with Gasteiger partial charge in [-0.15, -0.1) is 0 Å². The number of carbonyl (C=O) groups excluding carboxylic acids is 2. The molecule has 0 radical (unpaired) electrons. The average molecular weight is 442 g/mol. The maximum Gasteiger partial charge on any atom is 0.346 e. The first kappa shape index (κ1) is 23.5. The van der Waals surface area contributed by atoms with Gasteiger partial charge < -0.3 is 27.6 Å². The first-order valence-corrected chi connectivity index (χ1v) is 11.9. The predicted molar refractivity (Wildman–Crippen MR) is 98.2 cm³/mol. The lowest BCUT2D eigenvalue weighted by atomic mass is 9.97. The monoisotopic (exact) mass is 442 g/mol. The van der Waals surface area contributed by atoms with E-state index < -0.39 is 49.3 Å². The van der Waals surface area contributed by atoms with Crippen LogP contribution in [0.5, 0.6) is 0 Å². The highest BCUT2D eigenvalue weighted by atomic mass is 31.2. The molecule has 2 aliphatic rings. The Morgan fingerprint density at radius 1 is 0.714 bits per heavy atom. The normalized spacial score (nSPS) is 27.2. The molecule has 2 fully saturated rings. The molecule has 0 N–H and O–H groups in total. The van der Waals surface area contributed by atoms with E-state index in [0.29, 0.717) is 0 Å². The predicted octanol–water partition coefficient (Wildman–Crippen LogP) is 2.60. The van der Waals surface area contributed by atoms with Crippen molar-refractivity contribution in [2.24, 2.45) is 10.8 Å². The summed E-state index contributed by atoms with van der Waals surface area (Å²) in [6, 6.07) is 0. The van der Waals surface area contributed by atoms with Crippen molar-refractivity contribution in [3.8, 4) is 0 Å². The Morgan fingerprint density at radius 3 is 1.18 bits per heavy atom. The Balaban J connectivity index is 2.47. The van der Waals surface area contributed by atoms with Gasteiger partial charge in [0.25, 0.3) is 0 Å². The van der Waals surface area contributed by atoms with Crippen molar-refractivity contribution in [3.63, 3.8) is 0 Å². The minimum atomic E-state index is -4.25. The van der Waals surface area contributed by atoms with Crippen molar-refractivity contribution in [1.82, 2.24) is 0 Å². The van der Waals surface area contributed by atoms with Gasteiger partial charge in [-0.05, 0) is 0 Å². The molecule has 2 unspecified atom stereocenters. The van der Waals surface area contributed by atoms with Gasteiger partial charge in [-0.3, -0.25) is 18.7 Å². The van der Waals surface area contributed by atoms with E-state index in [9.17, 15) is 18.7 Å². The second-order valence-electron chi connectivity index (χ2n) is 8.44. The summed E-state index contributed by atoms with van der Waals surface area (Å²) < 4.78 is 57.9. The molecule has 0 aromatic rings. The van der Waals surface area contributed by atoms with Crippen LogP contribution >= 0.6 is 15.2 Å². The smallest absolute Gasteiger partial charge is 0.346 e. The van der Waals surface area contributed by atoms with Crippen molar-refractivity contribution < 1.29 is 46.3 Å². The molecule has 0 aromatic carbocycles. The van der Waals surface area contributed by atoms with Crippen LogP contribution < -0.4 is 0 Å². The molecule has 28 heavy (non-hydrogen) atoms. The third-order valence-corrected chi connectivity index (χ3v) is 8.98. The van der Waals surface area contributed by atoms with Crippen LogP contribution in [0.1, 0.15) is 27.7 Å². The van der Waals surface area contributed by atoms with Crippen molar-refractivity contribution in [3.05, 3.63) is 0 Å². The van der Waals surface area contributed by atoms with Gasteiger partial charge in [0.05, 0.1) is 40.6 Å². The molecule has 0 saturated carbocycles. The van der Waals surface area contributed by atoms with E-state index in [1.165, 1.54) is 0 Å². The minimum absolute atomic E-state index is 0.00467. The number of carbonyl (C=O) groups is 2. The van der Waals surface area contributed by atoms with Gasteiger partial charge in [0.15, 0.2) is 11.3 Å². The van der Waals surface area contributed by atoms with Gasteiger partial charge in [0, 0.05) is 10.8 Å². The maximum atomic E-state index is 13.4. The molecular weight excluding hydrogens is 414 g/mol. The van der Waals surface area contributed by atoms with Gasteiger partial charge in [-0.1, -0.05) is 27.7 Å². The molecule has 2 aliphatic heterocycles. The van der Waals surface area contributed by atoms with E-state index in [2.05, 4.69) is 0 Å². The summed E-state index contributed by atoms with van der Waals surface area (Å²) in [6.45, 7) is 7.29. The summed E-state index contributed by atoms with van der Waals surface area (Å²) in [5.74, 6) is -2.18. The molecule has 0 amide bonds. The Kier molecular flexibility index (Phi) is 6.86. The Bertz CT molecular complexity index is 628. The second-order valence-corrected chi connectivity index (χ2v) is 12.7. The summed E-state index contributed by atoms with van der Waals surface area (Å²) in [5, 5.41) is 0. The molecule has 10 nitrogen and oxygen atoms in total. The highest BCUT2D eigenvalue weighted by Gasteiger charge is 2.62. The van der Waals surface area contributed by atoms with E-state index in [1.54, 1.807) is 0 Å². The Labute approximate surface area is 164 Å². The number of ether oxygens (including phenoxy) is 2. The average Bonchev–Trinajstić information content (AvgIpc) is 2.64. The number of hydrogen-bond donors (Lipinski definition) is 0. The lowest BCUT2D eigenvalue weighted by molar-refractivity contribution is -0.148. The topological polar surface area (TPSA) is 124 Å². The number of rotatable bonds is 5. The van der Waals surface area contributed by atoms with Crippen molar-refractivity contribution in [2.45, 2.75) is 39.0 Å². The summed E-state index contributed by atoms with van der Waals surface area (Å²) >= 11 is 0. The summed E-state index contributed by atoms with van der Waals surface area (Å²) in [7, 11) is -6.40. The van der Waals surface area contributed by atoms with Crippen LogP contribution in [0, 0.1) is 10.8 Å². The van der Waals surface area contributed by atoms with E-state index in [0.717, 1.165) is 14.2 Å². The largest absolute Gasteiger partial charge is 0.468 e. The summed E-state index contributed by atoms with van der Waals surface area (Å²) in [6.07, 6.45) is 0. The first-order chi connectivity index (χ1) is 12.8. The Morgan fingerprint density at radius 2 is 0.964 bits per heavy atom. The summed E-state index contributed by atoms with van der Waals surface area (Å²) in [5.41, 5.74) is -4.62. The molecule has 12 heteroatoms. The zero-order valence-corrected chi connectivity index (χ0v) is 18.7. The zero-order valence-electron chi connectivity index (χ0n) is 17.0. The van der Waals surface area contributed by atoms with Crippen LogP contribution in [0.2, 0.25) is 0 Å². The van der Waals surface area contributed by atoms with Crippen molar-refractivity contribution in [2.75, 3.05) is 40.6 Å². The number of esters is 2. The van der Waals surface area contributed by atoms with E-state index in [1.807, 2.05) is 27.7 Å².